The lowest BCUT2D eigenvalue weighted by atomic mass is 9.91. The molecule has 0 fully saturated rings. The minimum atomic E-state index is -3.76. The maximum atomic E-state index is 13.4. The zero-order chi connectivity index (χ0) is 35.8. The molecule has 0 saturated heterocycles. The van der Waals surface area contributed by atoms with Gasteiger partial charge in [-0.25, -0.2) is 21.1 Å². The zero-order valence-corrected chi connectivity index (χ0v) is 31.6. The van der Waals surface area contributed by atoms with Crippen LogP contribution < -0.4 is 13.3 Å². The van der Waals surface area contributed by atoms with Crippen molar-refractivity contribution in [3.63, 3.8) is 0 Å². The molecule has 2 aliphatic heterocycles. The molecule has 12 heteroatoms. The van der Waals surface area contributed by atoms with E-state index in [0.717, 1.165) is 26.7 Å². The highest BCUT2D eigenvalue weighted by Gasteiger charge is 2.40. The van der Waals surface area contributed by atoms with E-state index in [9.17, 15) is 16.8 Å². The first kappa shape index (κ1) is 35.9. The lowest BCUT2D eigenvalue weighted by Gasteiger charge is -2.42. The number of para-hydroxylation sites is 2. The summed E-state index contributed by atoms with van der Waals surface area (Å²) in [4.78, 5) is 2.24. The van der Waals surface area contributed by atoms with Crippen molar-refractivity contribution in [2.75, 3.05) is 15.2 Å². The molecule has 7 rings (SSSR count). The Morgan fingerprint density at radius 2 is 1.18 bits per heavy atom. The Morgan fingerprint density at radius 3 is 1.70 bits per heavy atom. The van der Waals surface area contributed by atoms with Crippen LogP contribution in [0.2, 0.25) is 10.0 Å². The fraction of sp³-hybridized carbons (Fsp3) is 0.158. The van der Waals surface area contributed by atoms with Crippen LogP contribution in [0.15, 0.2) is 141 Å². The van der Waals surface area contributed by atoms with Gasteiger partial charge in [-0.05, 0) is 124 Å². The van der Waals surface area contributed by atoms with Crippen LogP contribution >= 0.6 is 35.0 Å². The summed E-state index contributed by atoms with van der Waals surface area (Å²) < 4.78 is 61.9. The van der Waals surface area contributed by atoms with Crippen molar-refractivity contribution < 1.29 is 21.6 Å². The van der Waals surface area contributed by atoms with Gasteiger partial charge in [0.1, 0.15) is 5.75 Å². The molecule has 0 unspecified atom stereocenters. The van der Waals surface area contributed by atoms with Crippen molar-refractivity contribution in [1.29, 1.82) is 0 Å². The van der Waals surface area contributed by atoms with Crippen molar-refractivity contribution in [1.82, 2.24) is 0 Å². The summed E-state index contributed by atoms with van der Waals surface area (Å²) in [6, 6.07) is 33.0. The quantitative estimate of drug-likeness (QED) is 0.171. The number of rotatable bonds is 6. The Balaban J connectivity index is 0.000000173. The summed E-state index contributed by atoms with van der Waals surface area (Å²) in [5.74, 6) is 0.725. The van der Waals surface area contributed by atoms with Crippen LogP contribution in [0.4, 0.5) is 17.1 Å². The van der Waals surface area contributed by atoms with Gasteiger partial charge in [0.25, 0.3) is 20.0 Å². The fourth-order valence-electron chi connectivity index (χ4n) is 6.03. The van der Waals surface area contributed by atoms with Crippen molar-refractivity contribution in [3.8, 4) is 5.75 Å². The summed E-state index contributed by atoms with van der Waals surface area (Å²) in [5, 5.41) is 1.00. The molecule has 0 atom stereocenters. The summed E-state index contributed by atoms with van der Waals surface area (Å²) in [7, 11) is -7.50. The van der Waals surface area contributed by atoms with E-state index >= 15 is 0 Å². The number of fused-ring (bicyclic) bond motifs is 3. The van der Waals surface area contributed by atoms with Gasteiger partial charge in [0, 0.05) is 25.4 Å². The van der Waals surface area contributed by atoms with Crippen LogP contribution in [0.25, 0.3) is 5.57 Å². The van der Waals surface area contributed by atoms with Gasteiger partial charge >= 0.3 is 0 Å². The predicted molar refractivity (Wildman–Crippen MR) is 204 cm³/mol. The maximum absolute atomic E-state index is 13.4. The molecule has 0 saturated carbocycles. The van der Waals surface area contributed by atoms with E-state index in [1.165, 1.54) is 32.9 Å². The molecule has 50 heavy (non-hydrogen) atoms. The molecule has 0 N–H and O–H groups in total. The molecule has 0 radical (unpaired) electrons. The third kappa shape index (κ3) is 6.87. The molecule has 0 aliphatic carbocycles. The summed E-state index contributed by atoms with van der Waals surface area (Å²) in [5.41, 5.74) is 3.14. The predicted octanol–water partition coefficient (Wildman–Crippen LogP) is 10.5. The smallest absolute Gasteiger partial charge is 0.268 e. The summed E-state index contributed by atoms with van der Waals surface area (Å²) >= 11 is 13.4. The molecule has 0 spiro atoms. The molecule has 0 bridgehead atoms. The summed E-state index contributed by atoms with van der Waals surface area (Å²) in [6.07, 6.45) is 1.97. The molecule has 2 aliphatic rings. The largest absolute Gasteiger partial charge is 0.494 e. The van der Waals surface area contributed by atoms with Crippen molar-refractivity contribution >= 4 is 77.6 Å². The number of nitrogens with zero attached hydrogens (tertiary/aromatic N) is 2. The number of hydrogen-bond donors (Lipinski definition) is 0. The molecule has 7 nitrogen and oxygen atoms in total. The maximum Gasteiger partial charge on any atom is 0.268 e. The van der Waals surface area contributed by atoms with Crippen LogP contribution in [0.3, 0.4) is 0 Å². The van der Waals surface area contributed by atoms with E-state index in [1.54, 1.807) is 42.1 Å². The molecule has 0 aromatic heterocycles. The Morgan fingerprint density at radius 1 is 0.680 bits per heavy atom. The van der Waals surface area contributed by atoms with E-state index in [-0.39, 0.29) is 9.79 Å². The van der Waals surface area contributed by atoms with Crippen LogP contribution in [-0.2, 0) is 20.0 Å². The standard InChI is InChI=1S/C20H22ClNO3S.C18H12ClNO2S2/c1-5-25-16-8-11-19-18(12-16)14(2)13-20(3,4)22(19)26(23,24)17-9-6-15(21)7-10-17;19-13-9-11-14(12-10-13)24(21,22)20-15-5-1-3-7-17(15)23-18-8-4-2-6-16(18)20/h6-13H,5H2,1-4H3;1-12H. The number of ether oxygens (including phenoxy) is 1. The number of sulfonamides is 2. The monoisotopic (exact) mass is 764 g/mol. The van der Waals surface area contributed by atoms with Crippen molar-refractivity contribution in [2.45, 2.75) is 52.8 Å². The van der Waals surface area contributed by atoms with Crippen molar-refractivity contribution in [2.24, 2.45) is 0 Å². The first-order valence-electron chi connectivity index (χ1n) is 15.7. The molecule has 258 valence electrons. The average molecular weight is 766 g/mol. The first-order valence-corrected chi connectivity index (χ1v) is 20.1. The third-order valence-electron chi connectivity index (χ3n) is 8.11. The lowest BCUT2D eigenvalue weighted by molar-refractivity contribution is 0.340. The van der Waals surface area contributed by atoms with Gasteiger partial charge in [0.05, 0.1) is 39.0 Å². The number of halogens is 2. The van der Waals surface area contributed by atoms with Gasteiger partial charge in [-0.3, -0.25) is 4.31 Å². The molecule has 5 aromatic carbocycles. The number of benzene rings is 5. The van der Waals surface area contributed by atoms with E-state index in [1.807, 2.05) is 94.4 Å². The lowest BCUT2D eigenvalue weighted by Crippen LogP contribution is -2.48. The van der Waals surface area contributed by atoms with Gasteiger partial charge in [-0.2, -0.15) is 0 Å². The zero-order valence-electron chi connectivity index (χ0n) is 27.7. The first-order chi connectivity index (χ1) is 23.7. The molecule has 0 amide bonds. The normalized spacial score (nSPS) is 14.7. The number of hydrogen-bond acceptors (Lipinski definition) is 6. The fourth-order valence-corrected chi connectivity index (χ4v) is 10.8. The second-order valence-corrected chi connectivity index (χ2v) is 17.6. The minimum absolute atomic E-state index is 0.211. The van der Waals surface area contributed by atoms with Crippen LogP contribution in [0, 0.1) is 0 Å². The van der Waals surface area contributed by atoms with Gasteiger partial charge in [-0.1, -0.05) is 65.3 Å². The number of anilines is 3. The third-order valence-corrected chi connectivity index (χ3v) is 13.5. The van der Waals surface area contributed by atoms with Crippen LogP contribution in [-0.4, -0.2) is 29.0 Å². The van der Waals surface area contributed by atoms with E-state index in [2.05, 4.69) is 0 Å². The Hall–Kier alpha value is -3.93. The van der Waals surface area contributed by atoms with E-state index in [4.69, 9.17) is 27.9 Å². The molecular formula is C38H34Cl2N2O5S3. The van der Waals surface area contributed by atoms with Gasteiger partial charge in [-0.15, -0.1) is 0 Å². The molecule has 2 heterocycles. The van der Waals surface area contributed by atoms with Crippen molar-refractivity contribution in [3.05, 3.63) is 137 Å². The Bertz CT molecular complexity index is 2260. The Kier molecular flexibility index (Phi) is 10.0. The Labute approximate surface area is 308 Å². The highest BCUT2D eigenvalue weighted by molar-refractivity contribution is 8.00. The minimum Gasteiger partial charge on any atom is -0.494 e. The average Bonchev–Trinajstić information content (AvgIpc) is 3.07. The van der Waals surface area contributed by atoms with E-state index < -0.39 is 25.6 Å². The highest BCUT2D eigenvalue weighted by Crippen LogP contribution is 2.50. The molecule has 5 aromatic rings. The topological polar surface area (TPSA) is 84.0 Å². The van der Waals surface area contributed by atoms with Crippen LogP contribution in [0.1, 0.15) is 33.3 Å². The van der Waals surface area contributed by atoms with Crippen LogP contribution in [0.5, 0.6) is 5.75 Å². The number of allylic oxidation sites excluding steroid dienone is 1. The second kappa shape index (κ2) is 14.0. The second-order valence-electron chi connectivity index (χ2n) is 12.1. The summed E-state index contributed by atoms with van der Waals surface area (Å²) in [6.45, 7) is 8.25. The molecular weight excluding hydrogens is 732 g/mol. The van der Waals surface area contributed by atoms with Gasteiger partial charge in [0.15, 0.2) is 0 Å². The SMILES string of the molecule is CCOc1ccc2c(c1)C(C)=CC(C)(C)N2S(=O)(=O)c1ccc(Cl)cc1.O=S(=O)(c1ccc(Cl)cc1)N1c2ccccc2Sc2ccccc21. The van der Waals surface area contributed by atoms with E-state index in [0.29, 0.717) is 33.7 Å². The van der Waals surface area contributed by atoms with Gasteiger partial charge < -0.3 is 4.74 Å². The highest BCUT2D eigenvalue weighted by atomic mass is 35.5. The van der Waals surface area contributed by atoms with Gasteiger partial charge in [0.2, 0.25) is 0 Å².